The maximum absolute atomic E-state index is 11.9. The van der Waals surface area contributed by atoms with Gasteiger partial charge in [0.15, 0.2) is 0 Å². The average Bonchev–Trinajstić information content (AvgIpc) is 2.55. The van der Waals surface area contributed by atoms with Crippen LogP contribution in [0.1, 0.15) is 10.4 Å². The minimum atomic E-state index is -0.430. The van der Waals surface area contributed by atoms with Crippen molar-refractivity contribution < 1.29 is 14.3 Å². The number of esters is 1. The number of methoxy groups -OCH3 is 1. The Kier molecular flexibility index (Phi) is 5.84. The van der Waals surface area contributed by atoms with Gasteiger partial charge in [0.1, 0.15) is 0 Å². The number of carbonyl (C=O) groups is 2. The highest BCUT2D eigenvalue weighted by Gasteiger charge is 2.07. The topological polar surface area (TPSA) is 67.4 Å². The number of rotatable bonds is 5. The summed E-state index contributed by atoms with van der Waals surface area (Å²) in [5.74, 6) is -0.688. The Morgan fingerprint density at radius 1 is 1.09 bits per heavy atom. The number of halogens is 2. The smallest absolute Gasteiger partial charge is 0.337 e. The molecular weight excluding hydrogens is 339 g/mol. The van der Waals surface area contributed by atoms with Crippen molar-refractivity contribution in [1.82, 2.24) is 0 Å². The summed E-state index contributed by atoms with van der Waals surface area (Å²) in [6, 6.07) is 11.3. The molecule has 0 atom stereocenters. The SMILES string of the molecule is COC(=O)c1ccc(NC(=O)CNc2cc(Cl)ccc2Cl)cc1. The van der Waals surface area contributed by atoms with E-state index in [0.717, 1.165) is 0 Å². The van der Waals surface area contributed by atoms with Gasteiger partial charge in [-0.2, -0.15) is 0 Å². The number of nitrogens with one attached hydrogen (secondary N) is 2. The fourth-order valence-corrected chi connectivity index (χ4v) is 2.18. The van der Waals surface area contributed by atoms with E-state index in [4.69, 9.17) is 23.2 Å². The van der Waals surface area contributed by atoms with E-state index in [-0.39, 0.29) is 12.5 Å². The van der Waals surface area contributed by atoms with Crippen LogP contribution in [0.4, 0.5) is 11.4 Å². The van der Waals surface area contributed by atoms with Crippen molar-refractivity contribution in [2.24, 2.45) is 0 Å². The van der Waals surface area contributed by atoms with Gasteiger partial charge < -0.3 is 15.4 Å². The van der Waals surface area contributed by atoms with E-state index in [9.17, 15) is 9.59 Å². The van der Waals surface area contributed by atoms with Crippen molar-refractivity contribution >= 4 is 46.5 Å². The summed E-state index contributed by atoms with van der Waals surface area (Å²) in [5, 5.41) is 6.61. The number of benzene rings is 2. The van der Waals surface area contributed by atoms with Gasteiger partial charge in [0.25, 0.3) is 0 Å². The van der Waals surface area contributed by atoms with Gasteiger partial charge in [-0.3, -0.25) is 4.79 Å². The van der Waals surface area contributed by atoms with Crippen molar-refractivity contribution in [3.8, 4) is 0 Å². The van der Waals surface area contributed by atoms with Crippen LogP contribution in [0, 0.1) is 0 Å². The Morgan fingerprint density at radius 3 is 2.43 bits per heavy atom. The molecule has 5 nitrogen and oxygen atoms in total. The second-order valence-electron chi connectivity index (χ2n) is 4.59. The molecule has 2 rings (SSSR count). The minimum absolute atomic E-state index is 0.0266. The van der Waals surface area contributed by atoms with E-state index in [1.54, 1.807) is 42.5 Å². The molecule has 1 amide bonds. The highest BCUT2D eigenvalue weighted by Crippen LogP contribution is 2.25. The zero-order chi connectivity index (χ0) is 16.8. The van der Waals surface area contributed by atoms with Crippen molar-refractivity contribution in [3.05, 3.63) is 58.1 Å². The molecule has 0 fully saturated rings. The zero-order valence-electron chi connectivity index (χ0n) is 12.2. The Bertz CT molecular complexity index is 718. The molecule has 0 aliphatic heterocycles. The molecule has 23 heavy (non-hydrogen) atoms. The summed E-state index contributed by atoms with van der Waals surface area (Å²) in [6.45, 7) is 0.0266. The first-order chi connectivity index (χ1) is 11.0. The lowest BCUT2D eigenvalue weighted by molar-refractivity contribution is -0.114. The van der Waals surface area contributed by atoms with Crippen LogP contribution in [0.25, 0.3) is 0 Å². The summed E-state index contributed by atoms with van der Waals surface area (Å²) >= 11 is 11.9. The lowest BCUT2D eigenvalue weighted by Crippen LogP contribution is -2.21. The number of ether oxygens (including phenoxy) is 1. The van der Waals surface area contributed by atoms with Gasteiger partial charge in [-0.05, 0) is 42.5 Å². The van der Waals surface area contributed by atoms with Crippen molar-refractivity contribution in [2.45, 2.75) is 0 Å². The van der Waals surface area contributed by atoms with Gasteiger partial charge in [-0.15, -0.1) is 0 Å². The van der Waals surface area contributed by atoms with Crippen LogP contribution < -0.4 is 10.6 Å². The third-order valence-electron chi connectivity index (χ3n) is 2.96. The van der Waals surface area contributed by atoms with Crippen LogP contribution in [-0.2, 0) is 9.53 Å². The maximum atomic E-state index is 11.9. The van der Waals surface area contributed by atoms with E-state index in [2.05, 4.69) is 15.4 Å². The van der Waals surface area contributed by atoms with Crippen LogP contribution in [0.3, 0.4) is 0 Å². The van der Waals surface area contributed by atoms with E-state index in [1.807, 2.05) is 0 Å². The maximum Gasteiger partial charge on any atom is 0.337 e. The first-order valence-corrected chi connectivity index (χ1v) is 7.42. The summed E-state index contributed by atoms with van der Waals surface area (Å²) < 4.78 is 4.61. The van der Waals surface area contributed by atoms with Crippen molar-refractivity contribution in [1.29, 1.82) is 0 Å². The van der Waals surface area contributed by atoms with E-state index < -0.39 is 5.97 Å². The first kappa shape index (κ1) is 17.1. The molecule has 0 spiro atoms. The molecule has 0 saturated carbocycles. The zero-order valence-corrected chi connectivity index (χ0v) is 13.7. The van der Waals surface area contributed by atoms with E-state index in [0.29, 0.717) is 27.0 Å². The molecule has 0 heterocycles. The Balaban J connectivity index is 1.92. The average molecular weight is 353 g/mol. The number of carbonyl (C=O) groups excluding carboxylic acids is 2. The highest BCUT2D eigenvalue weighted by molar-refractivity contribution is 6.35. The number of hydrogen-bond donors (Lipinski definition) is 2. The van der Waals surface area contributed by atoms with Gasteiger partial charge in [-0.25, -0.2) is 4.79 Å². The van der Waals surface area contributed by atoms with Gasteiger partial charge in [0.2, 0.25) is 5.91 Å². The molecule has 0 bridgehead atoms. The van der Waals surface area contributed by atoms with Crippen LogP contribution in [0.2, 0.25) is 10.0 Å². The summed E-state index contributed by atoms with van der Waals surface area (Å²) in [5.41, 5.74) is 1.56. The van der Waals surface area contributed by atoms with Gasteiger partial charge in [0.05, 0.1) is 29.9 Å². The minimum Gasteiger partial charge on any atom is -0.465 e. The monoisotopic (exact) mass is 352 g/mol. The number of anilines is 2. The van der Waals surface area contributed by atoms with Crippen LogP contribution in [0.15, 0.2) is 42.5 Å². The molecule has 120 valence electrons. The molecule has 2 aromatic rings. The highest BCUT2D eigenvalue weighted by atomic mass is 35.5. The summed E-state index contributed by atoms with van der Waals surface area (Å²) in [4.78, 5) is 23.2. The molecular formula is C16H14Cl2N2O3. The van der Waals surface area contributed by atoms with Gasteiger partial charge in [-0.1, -0.05) is 23.2 Å². The van der Waals surface area contributed by atoms with Crippen molar-refractivity contribution in [2.75, 3.05) is 24.3 Å². The Labute approximate surface area is 143 Å². The third-order valence-corrected chi connectivity index (χ3v) is 3.52. The molecule has 7 heteroatoms. The fraction of sp³-hybridized carbons (Fsp3) is 0.125. The molecule has 2 N–H and O–H groups in total. The lowest BCUT2D eigenvalue weighted by Gasteiger charge is -2.10. The lowest BCUT2D eigenvalue weighted by atomic mass is 10.2. The second-order valence-corrected chi connectivity index (χ2v) is 5.44. The number of hydrogen-bond acceptors (Lipinski definition) is 4. The molecule has 0 aliphatic rings. The van der Waals surface area contributed by atoms with E-state index >= 15 is 0 Å². The van der Waals surface area contributed by atoms with Gasteiger partial charge >= 0.3 is 5.97 Å². The third kappa shape index (κ3) is 4.87. The Hall–Kier alpha value is -2.24. The standard InChI is InChI=1S/C16H14Cl2N2O3/c1-23-16(22)10-2-5-12(6-3-10)20-15(21)9-19-14-8-11(17)4-7-13(14)18/h2-8,19H,9H2,1H3,(H,20,21). The Morgan fingerprint density at radius 2 is 1.78 bits per heavy atom. The van der Waals surface area contributed by atoms with E-state index in [1.165, 1.54) is 7.11 Å². The quantitative estimate of drug-likeness (QED) is 0.802. The predicted octanol–water partition coefficient (Wildman–Crippen LogP) is 3.83. The predicted molar refractivity (Wildman–Crippen MR) is 91.4 cm³/mol. The number of amides is 1. The van der Waals surface area contributed by atoms with Crippen LogP contribution >= 0.6 is 23.2 Å². The fourth-order valence-electron chi connectivity index (χ4n) is 1.82. The van der Waals surface area contributed by atoms with Crippen molar-refractivity contribution in [3.63, 3.8) is 0 Å². The normalized spacial score (nSPS) is 10.0. The molecule has 0 saturated heterocycles. The van der Waals surface area contributed by atoms with Crippen LogP contribution in [-0.4, -0.2) is 25.5 Å². The first-order valence-electron chi connectivity index (χ1n) is 6.67. The van der Waals surface area contributed by atoms with Crippen LogP contribution in [0.5, 0.6) is 0 Å². The molecule has 0 radical (unpaired) electrons. The largest absolute Gasteiger partial charge is 0.465 e. The summed E-state index contributed by atoms with van der Waals surface area (Å²) in [6.07, 6.45) is 0. The molecule has 0 aromatic heterocycles. The van der Waals surface area contributed by atoms with Gasteiger partial charge in [0, 0.05) is 10.7 Å². The second kappa shape index (κ2) is 7.85. The summed E-state index contributed by atoms with van der Waals surface area (Å²) in [7, 11) is 1.31. The molecule has 2 aromatic carbocycles. The molecule has 0 unspecified atom stereocenters. The molecule has 0 aliphatic carbocycles.